The molecule has 0 aliphatic carbocycles. The summed E-state index contributed by atoms with van der Waals surface area (Å²) in [7, 11) is 1.95. The minimum atomic E-state index is -0.661. The molecule has 1 atom stereocenters. The van der Waals surface area contributed by atoms with Crippen LogP contribution in [0.5, 0.6) is 0 Å². The third kappa shape index (κ3) is 4.05. The van der Waals surface area contributed by atoms with E-state index in [1.165, 1.54) is 4.90 Å². The largest absolute Gasteiger partial charge is 0.350 e. The smallest absolute Gasteiger partial charge is 0.324 e. The average Bonchev–Trinajstić information content (AvgIpc) is 3.26. The summed E-state index contributed by atoms with van der Waals surface area (Å²) in [4.78, 5) is 38.5. The van der Waals surface area contributed by atoms with Gasteiger partial charge in [-0.3, -0.25) is 14.5 Å². The highest BCUT2D eigenvalue weighted by Gasteiger charge is 2.37. The maximum absolute atomic E-state index is 12.6. The zero-order chi connectivity index (χ0) is 21.1. The zero-order valence-electron chi connectivity index (χ0n) is 16.8. The Bertz CT molecular complexity index is 1090. The number of rotatable bonds is 7. The van der Waals surface area contributed by atoms with Crippen molar-refractivity contribution in [2.24, 2.45) is 7.05 Å². The molecule has 0 bridgehead atoms. The maximum Gasteiger partial charge on any atom is 0.324 e. The van der Waals surface area contributed by atoms with Crippen LogP contribution >= 0.6 is 0 Å². The van der Waals surface area contributed by atoms with Crippen LogP contribution in [0.25, 0.3) is 10.9 Å². The van der Waals surface area contributed by atoms with Crippen LogP contribution in [-0.2, 0) is 23.1 Å². The highest BCUT2D eigenvalue weighted by Crippen LogP contribution is 2.24. The Labute approximate surface area is 174 Å². The van der Waals surface area contributed by atoms with Gasteiger partial charge in [-0.2, -0.15) is 0 Å². The second-order valence-electron chi connectivity index (χ2n) is 7.48. The zero-order valence-corrected chi connectivity index (χ0v) is 16.8. The van der Waals surface area contributed by atoms with Crippen molar-refractivity contribution in [2.45, 2.75) is 25.3 Å². The number of anilines is 1. The van der Waals surface area contributed by atoms with Gasteiger partial charge in [0.05, 0.1) is 5.69 Å². The van der Waals surface area contributed by atoms with E-state index in [-0.39, 0.29) is 24.7 Å². The summed E-state index contributed by atoms with van der Waals surface area (Å²) in [6, 6.07) is 16.4. The van der Waals surface area contributed by atoms with Crippen LogP contribution < -0.4 is 10.6 Å². The molecule has 2 heterocycles. The van der Waals surface area contributed by atoms with E-state index in [0.717, 1.165) is 22.2 Å². The molecule has 0 unspecified atom stereocenters. The van der Waals surface area contributed by atoms with Gasteiger partial charge in [0.2, 0.25) is 5.91 Å². The Kier molecular flexibility index (Phi) is 5.52. The molecule has 1 fully saturated rings. The van der Waals surface area contributed by atoms with Crippen LogP contribution in [0.3, 0.4) is 0 Å². The summed E-state index contributed by atoms with van der Waals surface area (Å²) >= 11 is 0. The number of aromatic nitrogens is 1. The molecule has 1 saturated heterocycles. The summed E-state index contributed by atoms with van der Waals surface area (Å²) in [5.74, 6) is -0.454. The summed E-state index contributed by atoms with van der Waals surface area (Å²) in [5, 5.41) is 6.58. The Morgan fingerprint density at radius 2 is 1.87 bits per heavy atom. The number of aryl methyl sites for hydroxylation is 1. The highest BCUT2D eigenvalue weighted by molar-refractivity contribution is 6.05. The monoisotopic (exact) mass is 404 g/mol. The van der Waals surface area contributed by atoms with E-state index in [1.807, 2.05) is 72.4 Å². The molecule has 2 N–H and O–H groups in total. The predicted molar refractivity (Wildman–Crippen MR) is 115 cm³/mol. The number of amides is 4. The number of benzene rings is 2. The van der Waals surface area contributed by atoms with E-state index in [2.05, 4.69) is 10.6 Å². The molecule has 1 aromatic heterocycles. The van der Waals surface area contributed by atoms with E-state index in [9.17, 15) is 14.4 Å². The van der Waals surface area contributed by atoms with Crippen molar-refractivity contribution in [3.63, 3.8) is 0 Å². The van der Waals surface area contributed by atoms with E-state index in [0.29, 0.717) is 13.0 Å². The van der Waals surface area contributed by atoms with Crippen molar-refractivity contribution in [2.75, 3.05) is 11.9 Å². The van der Waals surface area contributed by atoms with Gasteiger partial charge in [0.15, 0.2) is 0 Å². The van der Waals surface area contributed by atoms with Gasteiger partial charge in [-0.25, -0.2) is 4.79 Å². The molecule has 7 heteroatoms. The lowest BCUT2D eigenvalue weighted by Gasteiger charge is -2.13. The van der Waals surface area contributed by atoms with Gasteiger partial charge >= 0.3 is 6.03 Å². The van der Waals surface area contributed by atoms with Crippen molar-refractivity contribution in [3.8, 4) is 0 Å². The molecule has 4 amide bonds. The second-order valence-corrected chi connectivity index (χ2v) is 7.48. The second kappa shape index (κ2) is 8.41. The fraction of sp³-hybridized carbons (Fsp3) is 0.261. The molecule has 1 aliphatic rings. The number of urea groups is 1. The summed E-state index contributed by atoms with van der Waals surface area (Å²) in [6.07, 6.45) is 2.96. The van der Waals surface area contributed by atoms with E-state index >= 15 is 0 Å². The first kappa shape index (κ1) is 19.7. The fourth-order valence-electron chi connectivity index (χ4n) is 3.77. The van der Waals surface area contributed by atoms with Crippen molar-refractivity contribution in [1.82, 2.24) is 14.8 Å². The molecular weight excluding hydrogens is 380 g/mol. The lowest BCUT2D eigenvalue weighted by atomic mass is 10.1. The van der Waals surface area contributed by atoms with Crippen molar-refractivity contribution >= 4 is 34.4 Å². The predicted octanol–water partition coefficient (Wildman–Crippen LogP) is 3.06. The van der Waals surface area contributed by atoms with Crippen molar-refractivity contribution in [3.05, 3.63) is 66.4 Å². The van der Waals surface area contributed by atoms with Gasteiger partial charge in [-0.15, -0.1) is 0 Å². The molecule has 154 valence electrons. The number of hydrogen-bond acceptors (Lipinski definition) is 3. The Morgan fingerprint density at radius 1 is 1.07 bits per heavy atom. The van der Waals surface area contributed by atoms with Crippen molar-refractivity contribution < 1.29 is 14.4 Å². The van der Waals surface area contributed by atoms with Crippen LogP contribution in [0, 0.1) is 0 Å². The van der Waals surface area contributed by atoms with Gasteiger partial charge in [0.1, 0.15) is 6.04 Å². The standard InChI is InChI=1S/C23H24N4O3/c1-26-14-13-17-18(8-5-9-20(17)26)24-21(28)11-10-19-22(29)27(23(30)25-19)15-12-16-6-3-2-4-7-16/h2-9,13-14,19H,10-12,15H2,1H3,(H,24,28)(H,25,30)/t19-/m1/s1. The minimum absolute atomic E-state index is 0.145. The summed E-state index contributed by atoms with van der Waals surface area (Å²) in [5.41, 5.74) is 2.83. The average molecular weight is 404 g/mol. The van der Waals surface area contributed by atoms with Gasteiger partial charge in [-0.1, -0.05) is 36.4 Å². The molecule has 4 rings (SSSR count). The van der Waals surface area contributed by atoms with Crippen LogP contribution in [0.15, 0.2) is 60.8 Å². The molecule has 30 heavy (non-hydrogen) atoms. The topological polar surface area (TPSA) is 83.4 Å². The van der Waals surface area contributed by atoms with Crippen molar-refractivity contribution in [1.29, 1.82) is 0 Å². The van der Waals surface area contributed by atoms with Gasteiger partial charge < -0.3 is 15.2 Å². The number of imide groups is 1. The number of hydrogen-bond donors (Lipinski definition) is 2. The lowest BCUT2D eigenvalue weighted by molar-refractivity contribution is -0.127. The molecule has 7 nitrogen and oxygen atoms in total. The summed E-state index contributed by atoms with van der Waals surface area (Å²) < 4.78 is 1.99. The van der Waals surface area contributed by atoms with Crippen LogP contribution in [0.1, 0.15) is 18.4 Å². The third-order valence-electron chi connectivity index (χ3n) is 5.44. The maximum atomic E-state index is 12.6. The fourth-order valence-corrected chi connectivity index (χ4v) is 3.77. The quantitative estimate of drug-likeness (QED) is 0.594. The molecule has 3 aromatic rings. The molecule has 0 radical (unpaired) electrons. The summed E-state index contributed by atoms with van der Waals surface area (Å²) in [6.45, 7) is 0.327. The van der Waals surface area contributed by atoms with Gasteiger partial charge in [0.25, 0.3) is 5.91 Å². The molecule has 0 saturated carbocycles. The van der Waals surface area contributed by atoms with Gasteiger partial charge in [-0.05, 0) is 36.6 Å². The highest BCUT2D eigenvalue weighted by atomic mass is 16.2. The first-order valence-corrected chi connectivity index (χ1v) is 10.0. The van der Waals surface area contributed by atoms with E-state index in [4.69, 9.17) is 0 Å². The number of carbonyl (C=O) groups excluding carboxylic acids is 3. The Balaban J connectivity index is 1.31. The number of carbonyl (C=O) groups is 3. The number of nitrogens with zero attached hydrogens (tertiary/aromatic N) is 2. The SMILES string of the molecule is Cn1ccc2c(NC(=O)CC[C@H]3NC(=O)N(CCc4ccccc4)C3=O)cccc21. The molecule has 1 aliphatic heterocycles. The molecule has 0 spiro atoms. The van der Waals surface area contributed by atoms with Crippen LogP contribution in [0.2, 0.25) is 0 Å². The minimum Gasteiger partial charge on any atom is -0.350 e. The first-order chi connectivity index (χ1) is 14.5. The first-order valence-electron chi connectivity index (χ1n) is 10.0. The van der Waals surface area contributed by atoms with Gasteiger partial charge in [0, 0.05) is 37.1 Å². The third-order valence-corrected chi connectivity index (χ3v) is 5.44. The van der Waals surface area contributed by atoms with E-state index in [1.54, 1.807) is 0 Å². The lowest BCUT2D eigenvalue weighted by Crippen LogP contribution is -2.33. The van der Waals surface area contributed by atoms with E-state index < -0.39 is 12.1 Å². The Hall–Kier alpha value is -3.61. The molecular formula is C23H24N4O3. The Morgan fingerprint density at radius 3 is 2.67 bits per heavy atom. The molecule has 2 aromatic carbocycles. The number of fused-ring (bicyclic) bond motifs is 1. The number of nitrogens with one attached hydrogen (secondary N) is 2. The van der Waals surface area contributed by atoms with Crippen LogP contribution in [-0.4, -0.2) is 39.9 Å². The van der Waals surface area contributed by atoms with Crippen LogP contribution in [0.4, 0.5) is 10.5 Å². The normalized spacial score (nSPS) is 16.2.